The van der Waals surface area contributed by atoms with E-state index in [0.29, 0.717) is 42.4 Å². The lowest BCUT2D eigenvalue weighted by Crippen LogP contribution is -2.24. The fraction of sp³-hybridized carbons (Fsp3) is 0.467. The van der Waals surface area contributed by atoms with Gasteiger partial charge in [-0.3, -0.25) is 9.59 Å². The van der Waals surface area contributed by atoms with Gasteiger partial charge in [-0.2, -0.15) is 0 Å². The lowest BCUT2D eigenvalue weighted by atomic mass is 9.96. The highest BCUT2D eigenvalue weighted by molar-refractivity contribution is 6.02. The van der Waals surface area contributed by atoms with Crippen LogP contribution in [0.3, 0.4) is 0 Å². The van der Waals surface area contributed by atoms with Crippen molar-refractivity contribution in [2.24, 2.45) is 5.92 Å². The SMILES string of the molecule is CCC(C)CC(=O)c1ccc2c(c1)C(=O)NCCO2. The quantitative estimate of drug-likeness (QED) is 0.847. The summed E-state index contributed by atoms with van der Waals surface area (Å²) < 4.78 is 5.46. The third kappa shape index (κ3) is 3.13. The van der Waals surface area contributed by atoms with E-state index in [0.717, 1.165) is 6.42 Å². The minimum absolute atomic E-state index is 0.0780. The zero-order valence-electron chi connectivity index (χ0n) is 11.4. The number of Topliss-reactive ketones (excluding diaryl/α,β-unsaturated/α-hetero) is 1. The summed E-state index contributed by atoms with van der Waals surface area (Å²) in [7, 11) is 0. The van der Waals surface area contributed by atoms with Gasteiger partial charge in [-0.25, -0.2) is 0 Å². The van der Waals surface area contributed by atoms with E-state index in [-0.39, 0.29) is 11.7 Å². The first-order valence-electron chi connectivity index (χ1n) is 6.70. The molecule has 1 N–H and O–H groups in total. The fourth-order valence-electron chi connectivity index (χ4n) is 2.01. The molecule has 0 saturated carbocycles. The summed E-state index contributed by atoms with van der Waals surface area (Å²) in [6, 6.07) is 5.09. The molecule has 1 aliphatic rings. The van der Waals surface area contributed by atoms with Gasteiger partial charge in [-0.05, 0) is 24.1 Å². The Labute approximate surface area is 113 Å². The van der Waals surface area contributed by atoms with Crippen molar-refractivity contribution < 1.29 is 14.3 Å². The lowest BCUT2D eigenvalue weighted by molar-refractivity contribution is 0.0957. The van der Waals surface area contributed by atoms with Gasteiger partial charge in [-0.1, -0.05) is 20.3 Å². The molecule has 1 heterocycles. The Morgan fingerprint density at radius 2 is 2.26 bits per heavy atom. The van der Waals surface area contributed by atoms with Gasteiger partial charge >= 0.3 is 0 Å². The minimum atomic E-state index is -0.175. The van der Waals surface area contributed by atoms with Gasteiger partial charge in [-0.15, -0.1) is 0 Å². The van der Waals surface area contributed by atoms with E-state index < -0.39 is 0 Å². The number of amides is 1. The van der Waals surface area contributed by atoms with Crippen molar-refractivity contribution in [3.63, 3.8) is 0 Å². The predicted molar refractivity (Wildman–Crippen MR) is 72.7 cm³/mol. The van der Waals surface area contributed by atoms with Crippen LogP contribution in [0.25, 0.3) is 0 Å². The second kappa shape index (κ2) is 5.87. The second-order valence-electron chi connectivity index (χ2n) is 4.96. The van der Waals surface area contributed by atoms with E-state index in [1.807, 2.05) is 0 Å². The molecule has 1 atom stereocenters. The van der Waals surface area contributed by atoms with Gasteiger partial charge in [0.25, 0.3) is 5.91 Å². The first kappa shape index (κ1) is 13.6. The summed E-state index contributed by atoms with van der Waals surface area (Å²) in [6.45, 7) is 5.07. The summed E-state index contributed by atoms with van der Waals surface area (Å²) in [4.78, 5) is 24.0. The second-order valence-corrected chi connectivity index (χ2v) is 4.96. The maximum atomic E-state index is 12.1. The van der Waals surface area contributed by atoms with Crippen LogP contribution in [0.2, 0.25) is 0 Å². The largest absolute Gasteiger partial charge is 0.491 e. The van der Waals surface area contributed by atoms with Crippen molar-refractivity contribution in [2.75, 3.05) is 13.2 Å². The van der Waals surface area contributed by atoms with Crippen LogP contribution >= 0.6 is 0 Å². The Kier molecular flexibility index (Phi) is 4.20. The van der Waals surface area contributed by atoms with Gasteiger partial charge in [0.2, 0.25) is 0 Å². The maximum Gasteiger partial charge on any atom is 0.255 e. The van der Waals surface area contributed by atoms with E-state index in [4.69, 9.17) is 4.74 Å². The molecule has 0 bridgehead atoms. The van der Waals surface area contributed by atoms with E-state index >= 15 is 0 Å². The number of hydrogen-bond donors (Lipinski definition) is 1. The van der Waals surface area contributed by atoms with E-state index in [1.165, 1.54) is 0 Å². The third-order valence-corrected chi connectivity index (χ3v) is 3.42. The van der Waals surface area contributed by atoms with Gasteiger partial charge in [0.05, 0.1) is 12.1 Å². The third-order valence-electron chi connectivity index (χ3n) is 3.42. The Hall–Kier alpha value is -1.84. The smallest absolute Gasteiger partial charge is 0.255 e. The zero-order chi connectivity index (χ0) is 13.8. The molecule has 1 aromatic carbocycles. The topological polar surface area (TPSA) is 55.4 Å². The number of ether oxygens (including phenoxy) is 1. The average Bonchev–Trinajstić information content (AvgIpc) is 2.60. The van der Waals surface area contributed by atoms with Gasteiger partial charge < -0.3 is 10.1 Å². The van der Waals surface area contributed by atoms with Crippen LogP contribution in [0, 0.1) is 5.92 Å². The molecule has 0 spiro atoms. The standard InChI is InChI=1S/C15H19NO3/c1-3-10(2)8-13(17)11-4-5-14-12(9-11)15(18)16-6-7-19-14/h4-5,9-10H,3,6-8H2,1-2H3,(H,16,18). The molecule has 102 valence electrons. The molecule has 2 rings (SSSR count). The number of carbonyl (C=O) groups excluding carboxylic acids is 2. The Morgan fingerprint density at radius 3 is 3.00 bits per heavy atom. The highest BCUT2D eigenvalue weighted by Gasteiger charge is 2.19. The average molecular weight is 261 g/mol. The van der Waals surface area contributed by atoms with Gasteiger partial charge in [0, 0.05) is 12.0 Å². The molecule has 1 unspecified atom stereocenters. The van der Waals surface area contributed by atoms with Crippen molar-refractivity contribution >= 4 is 11.7 Å². The molecule has 4 nitrogen and oxygen atoms in total. The summed E-state index contributed by atoms with van der Waals surface area (Å²) in [5.74, 6) is 0.811. The van der Waals surface area contributed by atoms with Crippen LogP contribution < -0.4 is 10.1 Å². The van der Waals surface area contributed by atoms with Crippen LogP contribution in [0.4, 0.5) is 0 Å². The highest BCUT2D eigenvalue weighted by Crippen LogP contribution is 2.23. The first-order valence-corrected chi connectivity index (χ1v) is 6.70. The molecule has 0 aliphatic carbocycles. The van der Waals surface area contributed by atoms with E-state index in [9.17, 15) is 9.59 Å². The molecule has 4 heteroatoms. The normalized spacial score (nSPS) is 15.8. The molecule has 0 radical (unpaired) electrons. The zero-order valence-corrected chi connectivity index (χ0v) is 11.4. The number of rotatable bonds is 4. The van der Waals surface area contributed by atoms with Crippen molar-refractivity contribution in [3.05, 3.63) is 29.3 Å². The van der Waals surface area contributed by atoms with Gasteiger partial charge in [0.15, 0.2) is 5.78 Å². The monoisotopic (exact) mass is 261 g/mol. The minimum Gasteiger partial charge on any atom is -0.491 e. The Morgan fingerprint density at radius 1 is 1.47 bits per heavy atom. The summed E-state index contributed by atoms with van der Waals surface area (Å²) >= 11 is 0. The maximum absolute atomic E-state index is 12.1. The van der Waals surface area contributed by atoms with Gasteiger partial charge in [0.1, 0.15) is 12.4 Å². The Bertz CT molecular complexity index is 496. The number of ketones is 1. The molecular weight excluding hydrogens is 242 g/mol. The van der Waals surface area contributed by atoms with Crippen LogP contribution in [-0.2, 0) is 0 Å². The molecule has 0 fully saturated rings. The van der Waals surface area contributed by atoms with Crippen LogP contribution in [-0.4, -0.2) is 24.8 Å². The molecular formula is C15H19NO3. The van der Waals surface area contributed by atoms with Crippen molar-refractivity contribution in [1.29, 1.82) is 0 Å². The number of fused-ring (bicyclic) bond motifs is 1. The lowest BCUT2D eigenvalue weighted by Gasteiger charge is -2.10. The number of carbonyl (C=O) groups is 2. The summed E-state index contributed by atoms with van der Waals surface area (Å²) in [6.07, 6.45) is 1.48. The van der Waals surface area contributed by atoms with E-state index in [1.54, 1.807) is 18.2 Å². The molecule has 1 amide bonds. The number of benzene rings is 1. The fourth-order valence-corrected chi connectivity index (χ4v) is 2.01. The van der Waals surface area contributed by atoms with Crippen LogP contribution in [0.5, 0.6) is 5.75 Å². The molecule has 1 aromatic rings. The van der Waals surface area contributed by atoms with Crippen molar-refractivity contribution in [1.82, 2.24) is 5.32 Å². The number of nitrogens with one attached hydrogen (secondary N) is 1. The molecule has 19 heavy (non-hydrogen) atoms. The Balaban J connectivity index is 2.24. The molecule has 0 saturated heterocycles. The summed E-state index contributed by atoms with van der Waals surface area (Å²) in [5, 5.41) is 2.74. The first-order chi connectivity index (χ1) is 9.11. The van der Waals surface area contributed by atoms with E-state index in [2.05, 4.69) is 19.2 Å². The summed E-state index contributed by atoms with van der Waals surface area (Å²) in [5.41, 5.74) is 1.03. The molecule has 0 aromatic heterocycles. The van der Waals surface area contributed by atoms with Crippen LogP contribution in [0.1, 0.15) is 47.4 Å². The van der Waals surface area contributed by atoms with Crippen LogP contribution in [0.15, 0.2) is 18.2 Å². The highest BCUT2D eigenvalue weighted by atomic mass is 16.5. The van der Waals surface area contributed by atoms with Crippen molar-refractivity contribution in [3.8, 4) is 5.75 Å². The number of hydrogen-bond acceptors (Lipinski definition) is 3. The van der Waals surface area contributed by atoms with Crippen molar-refractivity contribution in [2.45, 2.75) is 26.7 Å². The predicted octanol–water partition coefficient (Wildman–Crippen LogP) is 2.43. The molecule has 1 aliphatic heterocycles.